The highest BCUT2D eigenvalue weighted by molar-refractivity contribution is 6.00. The van der Waals surface area contributed by atoms with Crippen molar-refractivity contribution in [3.8, 4) is 0 Å². The number of fused-ring (bicyclic) bond motifs is 2. The molecular formula is C35H31F2N7O2. The molecule has 1 fully saturated rings. The van der Waals surface area contributed by atoms with Gasteiger partial charge in [0.15, 0.2) is 5.78 Å². The Bertz CT molecular complexity index is 2050. The molecule has 4 heterocycles. The fourth-order valence-corrected chi connectivity index (χ4v) is 6.14. The summed E-state index contributed by atoms with van der Waals surface area (Å²) in [5.41, 5.74) is 3.75. The van der Waals surface area contributed by atoms with E-state index in [-0.39, 0.29) is 29.1 Å². The number of carbonyl (C=O) groups is 2. The van der Waals surface area contributed by atoms with Gasteiger partial charge in [-0.1, -0.05) is 30.3 Å². The van der Waals surface area contributed by atoms with E-state index in [1.807, 2.05) is 41.1 Å². The zero-order valence-electron chi connectivity index (χ0n) is 24.9. The molecule has 1 saturated carbocycles. The van der Waals surface area contributed by atoms with Gasteiger partial charge in [-0.05, 0) is 73.6 Å². The predicted molar refractivity (Wildman–Crippen MR) is 170 cm³/mol. The zero-order chi connectivity index (χ0) is 31.6. The molecular weight excluding hydrogens is 588 g/mol. The number of pyridine rings is 2. The van der Waals surface area contributed by atoms with Crippen LogP contribution >= 0.6 is 0 Å². The van der Waals surface area contributed by atoms with Gasteiger partial charge in [0.25, 0.3) is 5.91 Å². The molecule has 2 N–H and O–H groups in total. The number of aromatic nitrogens is 5. The van der Waals surface area contributed by atoms with Crippen LogP contribution in [-0.4, -0.2) is 41.9 Å². The predicted octanol–water partition coefficient (Wildman–Crippen LogP) is 6.71. The van der Waals surface area contributed by atoms with Crippen LogP contribution in [0, 0.1) is 17.6 Å². The van der Waals surface area contributed by atoms with Crippen molar-refractivity contribution in [2.45, 2.75) is 44.7 Å². The van der Waals surface area contributed by atoms with Crippen LogP contribution in [0.5, 0.6) is 0 Å². The summed E-state index contributed by atoms with van der Waals surface area (Å²) in [6, 6.07) is 19.8. The molecule has 46 heavy (non-hydrogen) atoms. The first kappa shape index (κ1) is 29.3. The standard InChI is InChI=1S/C35H31F2N7O2/c36-25-8-13-33-42-30(21-43(33)20-25)32(45)14-22-6-9-27(10-7-22)41-35(46)29-16-26(37)18-38-34(29)40-28-11-12-31-24(15-28)17-39-44(31)19-23-4-2-1-3-5-23/h1-5,8,11-13,15-18,20-22,27H,6-7,9-10,14,19H2,(H,38,40)(H,41,46). The first-order valence-electron chi connectivity index (χ1n) is 15.3. The molecule has 11 heteroatoms. The van der Waals surface area contributed by atoms with Crippen LogP contribution in [0.1, 0.15) is 58.5 Å². The van der Waals surface area contributed by atoms with Crippen LogP contribution in [0.25, 0.3) is 16.6 Å². The lowest BCUT2D eigenvalue weighted by molar-refractivity contribution is 0.0895. The maximum atomic E-state index is 14.3. The van der Waals surface area contributed by atoms with E-state index in [0.29, 0.717) is 42.8 Å². The molecule has 1 amide bonds. The summed E-state index contributed by atoms with van der Waals surface area (Å²) in [7, 11) is 0. The first-order chi connectivity index (χ1) is 22.4. The molecule has 0 atom stereocenters. The Kier molecular flexibility index (Phi) is 7.96. The van der Waals surface area contributed by atoms with Crippen molar-refractivity contribution in [1.82, 2.24) is 29.5 Å². The normalized spacial score (nSPS) is 16.5. The number of Topliss-reactive ketones (excluding diaryl/α,β-unsaturated/α-hetero) is 1. The minimum Gasteiger partial charge on any atom is -0.349 e. The molecule has 0 saturated heterocycles. The second kappa shape index (κ2) is 12.5. The highest BCUT2D eigenvalue weighted by atomic mass is 19.1. The third-order valence-electron chi connectivity index (χ3n) is 8.54. The van der Waals surface area contributed by atoms with Crippen molar-refractivity contribution in [2.24, 2.45) is 5.92 Å². The number of nitrogens with one attached hydrogen (secondary N) is 2. The fraction of sp³-hybridized carbons (Fsp3) is 0.229. The first-order valence-corrected chi connectivity index (χ1v) is 15.3. The SMILES string of the molecule is O=C(CC1CCC(NC(=O)c2cc(F)cnc2Nc2ccc3c(cnn3Cc3ccccc3)c2)CC1)c1cn2cc(F)ccc2n1. The van der Waals surface area contributed by atoms with Gasteiger partial charge in [0, 0.05) is 35.9 Å². The molecule has 7 rings (SSSR count). The quantitative estimate of drug-likeness (QED) is 0.174. The number of benzene rings is 2. The van der Waals surface area contributed by atoms with Gasteiger partial charge in [-0.2, -0.15) is 5.10 Å². The van der Waals surface area contributed by atoms with E-state index in [9.17, 15) is 18.4 Å². The summed E-state index contributed by atoms with van der Waals surface area (Å²) >= 11 is 0. The summed E-state index contributed by atoms with van der Waals surface area (Å²) in [4.78, 5) is 34.8. The van der Waals surface area contributed by atoms with E-state index < -0.39 is 17.5 Å². The van der Waals surface area contributed by atoms with Crippen LogP contribution in [0.4, 0.5) is 20.3 Å². The minimum atomic E-state index is -0.606. The molecule has 0 radical (unpaired) electrons. The number of anilines is 2. The molecule has 9 nitrogen and oxygen atoms in total. The topological polar surface area (TPSA) is 106 Å². The average molecular weight is 620 g/mol. The van der Waals surface area contributed by atoms with Crippen LogP contribution in [-0.2, 0) is 6.54 Å². The van der Waals surface area contributed by atoms with E-state index in [1.165, 1.54) is 28.8 Å². The Balaban J connectivity index is 0.973. The molecule has 1 aliphatic rings. The summed E-state index contributed by atoms with van der Waals surface area (Å²) in [6.45, 7) is 0.642. The number of amides is 1. The molecule has 0 bridgehead atoms. The summed E-state index contributed by atoms with van der Waals surface area (Å²) < 4.78 is 31.2. The lowest BCUT2D eigenvalue weighted by Crippen LogP contribution is -2.38. The molecule has 6 aromatic rings. The smallest absolute Gasteiger partial charge is 0.255 e. The van der Waals surface area contributed by atoms with Gasteiger partial charge in [-0.25, -0.2) is 18.7 Å². The number of rotatable bonds is 9. The molecule has 2 aromatic carbocycles. The fourth-order valence-electron chi connectivity index (χ4n) is 6.14. The van der Waals surface area contributed by atoms with Crippen LogP contribution in [0.2, 0.25) is 0 Å². The second-order valence-electron chi connectivity index (χ2n) is 11.8. The third-order valence-corrected chi connectivity index (χ3v) is 8.54. The molecule has 1 aliphatic carbocycles. The Hall–Kier alpha value is -5.45. The lowest BCUT2D eigenvalue weighted by atomic mass is 9.83. The second-order valence-corrected chi connectivity index (χ2v) is 11.8. The highest BCUT2D eigenvalue weighted by Crippen LogP contribution is 2.29. The molecule has 232 valence electrons. The maximum Gasteiger partial charge on any atom is 0.255 e. The molecule has 0 aliphatic heterocycles. The van der Waals surface area contributed by atoms with Gasteiger partial charge in [0.05, 0.1) is 30.0 Å². The Morgan fingerprint density at radius 1 is 0.891 bits per heavy atom. The van der Waals surface area contributed by atoms with Crippen molar-refractivity contribution >= 4 is 39.7 Å². The number of hydrogen-bond donors (Lipinski definition) is 2. The zero-order valence-corrected chi connectivity index (χ0v) is 24.9. The van der Waals surface area contributed by atoms with E-state index >= 15 is 0 Å². The highest BCUT2D eigenvalue weighted by Gasteiger charge is 2.27. The number of nitrogens with zero attached hydrogens (tertiary/aromatic N) is 5. The largest absolute Gasteiger partial charge is 0.349 e. The van der Waals surface area contributed by atoms with Gasteiger partial charge in [-0.3, -0.25) is 14.3 Å². The Labute approximate surface area is 263 Å². The number of ketones is 1. The van der Waals surface area contributed by atoms with Crippen molar-refractivity contribution in [2.75, 3.05) is 5.32 Å². The Morgan fingerprint density at radius 3 is 2.54 bits per heavy atom. The lowest BCUT2D eigenvalue weighted by Gasteiger charge is -2.28. The van der Waals surface area contributed by atoms with Crippen molar-refractivity contribution in [3.63, 3.8) is 0 Å². The maximum absolute atomic E-state index is 14.3. The molecule has 4 aromatic heterocycles. The third kappa shape index (κ3) is 6.35. The van der Waals surface area contributed by atoms with Crippen molar-refractivity contribution < 1.29 is 18.4 Å². The monoisotopic (exact) mass is 619 g/mol. The van der Waals surface area contributed by atoms with Crippen LogP contribution in [0.15, 0.2) is 91.5 Å². The van der Waals surface area contributed by atoms with Crippen molar-refractivity contribution in [3.05, 3.63) is 120 Å². The van der Waals surface area contributed by atoms with Gasteiger partial charge in [0.1, 0.15) is 28.8 Å². The average Bonchev–Trinajstić information content (AvgIpc) is 3.67. The van der Waals surface area contributed by atoms with Gasteiger partial charge < -0.3 is 15.0 Å². The summed E-state index contributed by atoms with van der Waals surface area (Å²) in [6.07, 6.45) is 8.95. The van der Waals surface area contributed by atoms with Crippen molar-refractivity contribution in [1.29, 1.82) is 0 Å². The van der Waals surface area contributed by atoms with E-state index in [2.05, 4.69) is 37.8 Å². The van der Waals surface area contributed by atoms with Gasteiger partial charge in [0.2, 0.25) is 0 Å². The van der Waals surface area contributed by atoms with Gasteiger partial charge >= 0.3 is 0 Å². The molecule has 0 spiro atoms. The number of hydrogen-bond acceptors (Lipinski definition) is 6. The number of imidazole rings is 1. The van der Waals surface area contributed by atoms with Gasteiger partial charge in [-0.15, -0.1) is 0 Å². The number of carbonyl (C=O) groups excluding carboxylic acids is 2. The molecule has 0 unspecified atom stereocenters. The van der Waals surface area contributed by atoms with E-state index in [1.54, 1.807) is 12.4 Å². The number of halogens is 2. The minimum absolute atomic E-state index is 0.0834. The van der Waals surface area contributed by atoms with E-state index in [4.69, 9.17) is 0 Å². The van der Waals surface area contributed by atoms with Crippen LogP contribution in [0.3, 0.4) is 0 Å². The van der Waals surface area contributed by atoms with Crippen LogP contribution < -0.4 is 10.6 Å². The summed E-state index contributed by atoms with van der Waals surface area (Å²) in [5, 5.41) is 11.7. The van der Waals surface area contributed by atoms with E-state index in [0.717, 1.165) is 35.5 Å². The summed E-state index contributed by atoms with van der Waals surface area (Å²) in [5.74, 6) is -1.10. The Morgan fingerprint density at radius 2 is 1.72 bits per heavy atom.